The Kier molecular flexibility index (Phi) is 5.74. The molecule has 144 valence electrons. The van der Waals surface area contributed by atoms with Crippen LogP contribution in [-0.2, 0) is 0 Å². The van der Waals surface area contributed by atoms with Gasteiger partial charge in [-0.1, -0.05) is 30.9 Å². The maximum Gasteiger partial charge on any atom is 0.272 e. The number of nitrogens with zero attached hydrogens (tertiary/aromatic N) is 4. The first kappa shape index (κ1) is 18.4. The second kappa shape index (κ2) is 8.40. The zero-order chi connectivity index (χ0) is 18.6. The summed E-state index contributed by atoms with van der Waals surface area (Å²) in [4.78, 5) is 28.5. The van der Waals surface area contributed by atoms with Gasteiger partial charge in [0.2, 0.25) is 0 Å². The van der Waals surface area contributed by atoms with Crippen LogP contribution in [-0.4, -0.2) is 52.6 Å². The van der Waals surface area contributed by atoms with E-state index in [1.54, 1.807) is 12.4 Å². The standard InChI is InChI=1S/C20H26ClN5O/c21-17-19(23-18(24-20(17)27)16-6-8-22-9-7-16)26-12-10-25(11-13-26)14-15-4-2-1-3-5-15/h6-9,15H,1-5,10-14H2,(H,23,24,27). The summed E-state index contributed by atoms with van der Waals surface area (Å²) in [6, 6.07) is 3.66. The van der Waals surface area contributed by atoms with Crippen LogP contribution in [0, 0.1) is 5.92 Å². The SMILES string of the molecule is O=c1[nH]c(-c2ccncc2)nc(N2CCN(CC3CCCCC3)CC2)c1Cl. The van der Waals surface area contributed by atoms with Gasteiger partial charge in [0.05, 0.1) is 0 Å². The molecule has 27 heavy (non-hydrogen) atoms. The van der Waals surface area contributed by atoms with Crippen LogP contribution in [0.1, 0.15) is 32.1 Å². The first-order valence-electron chi connectivity index (χ1n) is 9.88. The number of aromatic amines is 1. The van der Waals surface area contributed by atoms with Gasteiger partial charge in [-0.05, 0) is 30.9 Å². The largest absolute Gasteiger partial charge is 0.353 e. The van der Waals surface area contributed by atoms with Gasteiger partial charge in [-0.25, -0.2) is 4.98 Å². The third-order valence-electron chi connectivity index (χ3n) is 5.71. The van der Waals surface area contributed by atoms with E-state index in [1.165, 1.54) is 38.6 Å². The number of halogens is 1. The smallest absolute Gasteiger partial charge is 0.272 e. The van der Waals surface area contributed by atoms with Crippen molar-refractivity contribution in [1.82, 2.24) is 19.9 Å². The molecule has 6 nitrogen and oxygen atoms in total. The molecule has 2 aromatic rings. The number of rotatable bonds is 4. The van der Waals surface area contributed by atoms with E-state index < -0.39 is 0 Å². The first-order valence-corrected chi connectivity index (χ1v) is 10.3. The van der Waals surface area contributed by atoms with Gasteiger partial charge in [0.15, 0.2) is 5.82 Å². The summed E-state index contributed by atoms with van der Waals surface area (Å²) < 4.78 is 0. The second-order valence-electron chi connectivity index (χ2n) is 7.58. The summed E-state index contributed by atoms with van der Waals surface area (Å²) in [6.45, 7) is 4.88. The van der Waals surface area contributed by atoms with E-state index in [9.17, 15) is 4.79 Å². The number of aromatic nitrogens is 3. The Hall–Kier alpha value is -1.92. The van der Waals surface area contributed by atoms with Crippen molar-refractivity contribution in [3.05, 3.63) is 39.9 Å². The molecule has 1 N–H and O–H groups in total. The molecule has 2 aromatic heterocycles. The maximum absolute atomic E-state index is 12.3. The number of anilines is 1. The molecule has 1 saturated heterocycles. The summed E-state index contributed by atoms with van der Waals surface area (Å²) in [6.07, 6.45) is 10.3. The zero-order valence-corrected chi connectivity index (χ0v) is 16.3. The van der Waals surface area contributed by atoms with Crippen molar-refractivity contribution in [1.29, 1.82) is 0 Å². The summed E-state index contributed by atoms with van der Waals surface area (Å²) in [5.74, 6) is 1.97. The topological polar surface area (TPSA) is 65.1 Å². The second-order valence-corrected chi connectivity index (χ2v) is 7.96. The summed E-state index contributed by atoms with van der Waals surface area (Å²) in [7, 11) is 0. The highest BCUT2D eigenvalue weighted by molar-refractivity contribution is 6.32. The molecule has 3 heterocycles. The lowest BCUT2D eigenvalue weighted by atomic mass is 9.89. The van der Waals surface area contributed by atoms with Crippen LogP contribution in [0.25, 0.3) is 11.4 Å². The number of piperazine rings is 1. The molecule has 0 aromatic carbocycles. The molecular formula is C20H26ClN5O. The van der Waals surface area contributed by atoms with E-state index in [-0.39, 0.29) is 10.6 Å². The van der Waals surface area contributed by atoms with Gasteiger partial charge in [0.1, 0.15) is 10.8 Å². The van der Waals surface area contributed by atoms with E-state index >= 15 is 0 Å². The Labute approximate surface area is 164 Å². The number of hydrogen-bond donors (Lipinski definition) is 1. The molecule has 4 rings (SSSR count). The van der Waals surface area contributed by atoms with E-state index in [0.29, 0.717) is 11.6 Å². The fourth-order valence-electron chi connectivity index (χ4n) is 4.18. The van der Waals surface area contributed by atoms with Gasteiger partial charge in [-0.15, -0.1) is 0 Å². The molecule has 1 saturated carbocycles. The van der Waals surface area contributed by atoms with Gasteiger partial charge in [-0.2, -0.15) is 0 Å². The Balaban J connectivity index is 1.46. The molecule has 1 aliphatic heterocycles. The zero-order valence-electron chi connectivity index (χ0n) is 15.5. The molecule has 0 radical (unpaired) electrons. The van der Waals surface area contributed by atoms with Crippen molar-refractivity contribution in [2.75, 3.05) is 37.6 Å². The highest BCUT2D eigenvalue weighted by atomic mass is 35.5. The van der Waals surface area contributed by atoms with Crippen molar-refractivity contribution in [3.63, 3.8) is 0 Å². The molecule has 0 unspecified atom stereocenters. The van der Waals surface area contributed by atoms with Crippen LogP contribution >= 0.6 is 11.6 Å². The van der Waals surface area contributed by atoms with Crippen molar-refractivity contribution in [2.24, 2.45) is 5.92 Å². The van der Waals surface area contributed by atoms with Gasteiger partial charge in [0.25, 0.3) is 5.56 Å². The highest BCUT2D eigenvalue weighted by Crippen LogP contribution is 2.27. The number of hydrogen-bond acceptors (Lipinski definition) is 5. The molecule has 0 spiro atoms. The third-order valence-corrected chi connectivity index (χ3v) is 6.05. The third kappa shape index (κ3) is 4.33. The maximum atomic E-state index is 12.3. The highest BCUT2D eigenvalue weighted by Gasteiger charge is 2.24. The van der Waals surface area contributed by atoms with E-state index in [4.69, 9.17) is 11.6 Å². The number of pyridine rings is 1. The Morgan fingerprint density at radius 3 is 2.48 bits per heavy atom. The lowest BCUT2D eigenvalue weighted by Gasteiger charge is -2.38. The van der Waals surface area contributed by atoms with Crippen LogP contribution in [0.3, 0.4) is 0 Å². The van der Waals surface area contributed by atoms with E-state index in [1.807, 2.05) is 12.1 Å². The van der Waals surface area contributed by atoms with E-state index in [0.717, 1.165) is 37.7 Å². The predicted octanol–water partition coefficient (Wildman–Crippen LogP) is 3.19. The van der Waals surface area contributed by atoms with Gasteiger partial charge < -0.3 is 9.88 Å². The van der Waals surface area contributed by atoms with Crippen LogP contribution in [0.2, 0.25) is 5.02 Å². The quantitative estimate of drug-likeness (QED) is 0.872. The van der Waals surface area contributed by atoms with Crippen LogP contribution < -0.4 is 10.5 Å². The Morgan fingerprint density at radius 2 is 1.78 bits per heavy atom. The Morgan fingerprint density at radius 1 is 1.07 bits per heavy atom. The fraction of sp³-hybridized carbons (Fsp3) is 0.550. The molecule has 1 aliphatic carbocycles. The van der Waals surface area contributed by atoms with Crippen LogP contribution in [0.5, 0.6) is 0 Å². The van der Waals surface area contributed by atoms with Crippen molar-refractivity contribution in [3.8, 4) is 11.4 Å². The molecule has 0 bridgehead atoms. The molecule has 0 amide bonds. The molecule has 2 fully saturated rings. The Bertz CT molecular complexity index is 811. The molecule has 2 aliphatic rings. The van der Waals surface area contributed by atoms with E-state index in [2.05, 4.69) is 24.8 Å². The molecule has 7 heteroatoms. The summed E-state index contributed by atoms with van der Waals surface area (Å²) in [5, 5.41) is 0.175. The fourth-order valence-corrected chi connectivity index (χ4v) is 4.39. The van der Waals surface area contributed by atoms with Crippen molar-refractivity contribution < 1.29 is 0 Å². The lowest BCUT2D eigenvalue weighted by molar-refractivity contribution is 0.192. The lowest BCUT2D eigenvalue weighted by Crippen LogP contribution is -2.48. The normalized spacial score (nSPS) is 19.4. The minimum atomic E-state index is -0.293. The van der Waals surface area contributed by atoms with Crippen LogP contribution in [0.4, 0.5) is 5.82 Å². The van der Waals surface area contributed by atoms with Gasteiger partial charge in [-0.3, -0.25) is 14.7 Å². The molecular weight excluding hydrogens is 362 g/mol. The number of H-pyrrole nitrogens is 1. The average molecular weight is 388 g/mol. The minimum Gasteiger partial charge on any atom is -0.353 e. The minimum absolute atomic E-state index is 0.175. The average Bonchev–Trinajstić information content (AvgIpc) is 2.72. The summed E-state index contributed by atoms with van der Waals surface area (Å²) >= 11 is 6.30. The monoisotopic (exact) mass is 387 g/mol. The predicted molar refractivity (Wildman–Crippen MR) is 108 cm³/mol. The molecule has 0 atom stereocenters. The van der Waals surface area contributed by atoms with Crippen molar-refractivity contribution in [2.45, 2.75) is 32.1 Å². The van der Waals surface area contributed by atoms with Gasteiger partial charge >= 0.3 is 0 Å². The number of nitrogens with one attached hydrogen (secondary N) is 1. The van der Waals surface area contributed by atoms with Gasteiger partial charge in [0, 0.05) is 50.7 Å². The van der Waals surface area contributed by atoms with Crippen molar-refractivity contribution >= 4 is 17.4 Å². The first-order chi connectivity index (χ1) is 13.2. The van der Waals surface area contributed by atoms with Crippen LogP contribution in [0.15, 0.2) is 29.3 Å². The summed E-state index contributed by atoms with van der Waals surface area (Å²) in [5.41, 5.74) is 0.536.